The highest BCUT2D eigenvalue weighted by Gasteiger charge is 2.10. The van der Waals surface area contributed by atoms with Crippen LogP contribution in [0.2, 0.25) is 0 Å². The summed E-state index contributed by atoms with van der Waals surface area (Å²) in [6.07, 6.45) is 2.15. The van der Waals surface area contributed by atoms with Crippen molar-refractivity contribution < 1.29 is 0 Å². The van der Waals surface area contributed by atoms with Gasteiger partial charge in [0.15, 0.2) is 0 Å². The Morgan fingerprint density at radius 1 is 0.536 bits per heavy atom. The maximum atomic E-state index is 3.61. The van der Waals surface area contributed by atoms with Crippen LogP contribution in [0.4, 0.5) is 0 Å². The smallest absolute Gasteiger partial charge is 0.0539 e. The number of rotatable bonds is 1. The van der Waals surface area contributed by atoms with E-state index in [1.807, 2.05) is 0 Å². The van der Waals surface area contributed by atoms with Crippen molar-refractivity contribution in [2.45, 2.75) is 0 Å². The van der Waals surface area contributed by atoms with Gasteiger partial charge in [0.05, 0.1) is 5.52 Å². The molecule has 28 heavy (non-hydrogen) atoms. The lowest BCUT2D eigenvalue weighted by atomic mass is 9.94. The molecule has 0 spiro atoms. The lowest BCUT2D eigenvalue weighted by molar-refractivity contribution is 1.13. The van der Waals surface area contributed by atoms with Gasteiger partial charge in [0, 0.05) is 21.7 Å². The second-order valence-electron chi connectivity index (χ2n) is 7.21. The first kappa shape index (κ1) is 15.9. The molecule has 1 heterocycles. The van der Waals surface area contributed by atoms with Crippen LogP contribution in [0.3, 0.4) is 0 Å². The zero-order valence-corrected chi connectivity index (χ0v) is 16.6. The molecule has 1 aromatic heterocycles. The first-order valence-electron chi connectivity index (χ1n) is 9.40. The van der Waals surface area contributed by atoms with Crippen molar-refractivity contribution in [2.24, 2.45) is 0 Å². The van der Waals surface area contributed by atoms with Crippen molar-refractivity contribution in [3.63, 3.8) is 0 Å². The fourth-order valence-electron chi connectivity index (χ4n) is 4.37. The molecule has 0 N–H and O–H groups in total. The average Bonchev–Trinajstić information content (AvgIpc) is 3.16. The molecule has 0 saturated heterocycles. The van der Waals surface area contributed by atoms with E-state index < -0.39 is 0 Å². The van der Waals surface area contributed by atoms with E-state index >= 15 is 0 Å². The van der Waals surface area contributed by atoms with Crippen LogP contribution >= 0.6 is 15.9 Å². The monoisotopic (exact) mass is 421 g/mol. The minimum atomic E-state index is 1.09. The van der Waals surface area contributed by atoms with Crippen LogP contribution in [0.15, 0.2) is 102 Å². The van der Waals surface area contributed by atoms with Crippen LogP contribution in [0, 0.1) is 0 Å². The van der Waals surface area contributed by atoms with E-state index in [1.165, 1.54) is 48.9 Å². The molecule has 5 aromatic carbocycles. The predicted molar refractivity (Wildman–Crippen MR) is 123 cm³/mol. The van der Waals surface area contributed by atoms with Crippen LogP contribution in [-0.4, -0.2) is 4.57 Å². The summed E-state index contributed by atoms with van der Waals surface area (Å²) in [5.74, 6) is 0. The summed E-state index contributed by atoms with van der Waals surface area (Å²) < 4.78 is 3.36. The van der Waals surface area contributed by atoms with Crippen molar-refractivity contribution in [2.75, 3.05) is 0 Å². The molecule has 2 heteroatoms. The Bertz CT molecular complexity index is 1490. The number of nitrogens with zero attached hydrogens (tertiary/aromatic N) is 1. The van der Waals surface area contributed by atoms with Gasteiger partial charge < -0.3 is 4.57 Å². The summed E-state index contributed by atoms with van der Waals surface area (Å²) >= 11 is 3.61. The molecule has 0 amide bonds. The molecule has 0 atom stereocenters. The van der Waals surface area contributed by atoms with E-state index in [9.17, 15) is 0 Å². The highest BCUT2D eigenvalue weighted by molar-refractivity contribution is 9.10. The Morgan fingerprint density at radius 3 is 1.82 bits per heavy atom. The van der Waals surface area contributed by atoms with Crippen molar-refractivity contribution in [1.29, 1.82) is 0 Å². The molecule has 0 bridgehead atoms. The van der Waals surface area contributed by atoms with Crippen LogP contribution in [-0.2, 0) is 0 Å². The first-order valence-corrected chi connectivity index (χ1v) is 10.2. The van der Waals surface area contributed by atoms with Crippen LogP contribution in [0.1, 0.15) is 0 Å². The quantitative estimate of drug-likeness (QED) is 0.238. The average molecular weight is 422 g/mol. The third-order valence-corrected chi connectivity index (χ3v) is 6.15. The van der Waals surface area contributed by atoms with Gasteiger partial charge in [-0.15, -0.1) is 0 Å². The lowest BCUT2D eigenvalue weighted by Crippen LogP contribution is -1.92. The second kappa shape index (κ2) is 5.95. The summed E-state index contributed by atoms with van der Waals surface area (Å²) in [7, 11) is 0. The Balaban J connectivity index is 1.74. The van der Waals surface area contributed by atoms with Crippen molar-refractivity contribution in [3.05, 3.63) is 102 Å². The molecule has 0 fully saturated rings. The Kier molecular flexibility index (Phi) is 3.38. The maximum Gasteiger partial charge on any atom is 0.0539 e. The lowest BCUT2D eigenvalue weighted by Gasteiger charge is -2.13. The predicted octanol–water partition coefficient (Wildman–Crippen LogP) is 7.85. The molecule has 0 radical (unpaired) electrons. The second-order valence-corrected chi connectivity index (χ2v) is 8.13. The van der Waals surface area contributed by atoms with E-state index in [1.54, 1.807) is 0 Å². The highest BCUT2D eigenvalue weighted by atomic mass is 79.9. The van der Waals surface area contributed by atoms with Gasteiger partial charge in [0.1, 0.15) is 0 Å². The number of halogens is 1. The number of hydrogen-bond acceptors (Lipinski definition) is 0. The van der Waals surface area contributed by atoms with Gasteiger partial charge in [-0.1, -0.05) is 76.6 Å². The van der Waals surface area contributed by atoms with Gasteiger partial charge in [-0.25, -0.2) is 0 Å². The summed E-state index contributed by atoms with van der Waals surface area (Å²) in [5, 5.41) is 9.07. The number of aromatic nitrogens is 1. The van der Waals surface area contributed by atoms with Gasteiger partial charge in [0.2, 0.25) is 0 Å². The van der Waals surface area contributed by atoms with Gasteiger partial charge in [-0.05, 0) is 62.6 Å². The van der Waals surface area contributed by atoms with E-state index in [-0.39, 0.29) is 0 Å². The summed E-state index contributed by atoms with van der Waals surface area (Å²) in [6, 6.07) is 32.8. The normalized spacial score (nSPS) is 11.8. The maximum absolute atomic E-state index is 3.61. The highest BCUT2D eigenvalue weighted by Crippen LogP contribution is 2.36. The first-order chi connectivity index (χ1) is 13.8. The SMILES string of the molecule is Brc1ccc2ccn(-c3ccc4c5ccccc5c5ccccc5c4c3)c2c1. The third kappa shape index (κ3) is 2.25. The summed E-state index contributed by atoms with van der Waals surface area (Å²) in [6.45, 7) is 0. The van der Waals surface area contributed by atoms with Crippen LogP contribution in [0.5, 0.6) is 0 Å². The Labute approximate surface area is 171 Å². The Morgan fingerprint density at radius 2 is 1.14 bits per heavy atom. The number of fused-ring (bicyclic) bond motifs is 7. The summed E-state index contributed by atoms with van der Waals surface area (Å²) in [4.78, 5) is 0. The zero-order chi connectivity index (χ0) is 18.7. The molecule has 0 aliphatic rings. The molecule has 132 valence electrons. The minimum Gasteiger partial charge on any atom is -0.317 e. The van der Waals surface area contributed by atoms with Gasteiger partial charge in [-0.2, -0.15) is 0 Å². The molecular formula is C26H16BrN. The zero-order valence-electron chi connectivity index (χ0n) is 15.1. The van der Waals surface area contributed by atoms with Gasteiger partial charge >= 0.3 is 0 Å². The summed E-state index contributed by atoms with van der Waals surface area (Å²) in [5.41, 5.74) is 2.39. The molecule has 0 aliphatic heterocycles. The molecule has 6 aromatic rings. The fraction of sp³-hybridized carbons (Fsp3) is 0. The van der Waals surface area contributed by atoms with Gasteiger partial charge in [-0.3, -0.25) is 0 Å². The molecule has 0 unspecified atom stereocenters. The van der Waals surface area contributed by atoms with Gasteiger partial charge in [0.25, 0.3) is 0 Å². The third-order valence-electron chi connectivity index (χ3n) is 5.66. The van der Waals surface area contributed by atoms with Crippen LogP contribution in [0.25, 0.3) is 48.9 Å². The number of benzene rings is 5. The van der Waals surface area contributed by atoms with E-state index in [0.29, 0.717) is 0 Å². The Hall–Kier alpha value is -3.10. The molecule has 0 aliphatic carbocycles. The molecule has 6 rings (SSSR count). The van der Waals surface area contributed by atoms with E-state index in [4.69, 9.17) is 0 Å². The molecule has 0 saturated carbocycles. The molecule has 1 nitrogen and oxygen atoms in total. The van der Waals surface area contributed by atoms with Crippen molar-refractivity contribution >= 4 is 59.2 Å². The largest absolute Gasteiger partial charge is 0.317 e. The fourth-order valence-corrected chi connectivity index (χ4v) is 4.72. The van der Waals surface area contributed by atoms with Crippen LogP contribution < -0.4 is 0 Å². The number of hydrogen-bond donors (Lipinski definition) is 0. The van der Waals surface area contributed by atoms with Crippen molar-refractivity contribution in [3.8, 4) is 5.69 Å². The molecular weight excluding hydrogens is 406 g/mol. The van der Waals surface area contributed by atoms with Crippen molar-refractivity contribution in [1.82, 2.24) is 4.57 Å². The minimum absolute atomic E-state index is 1.09. The topological polar surface area (TPSA) is 4.93 Å². The standard InChI is InChI=1S/C26H16BrN/c27-18-10-9-17-13-14-28(26(17)15-18)19-11-12-24-22-7-2-1-5-20(22)21-6-3-4-8-23(21)25(24)16-19/h1-16H. The van der Waals surface area contributed by atoms with E-state index in [0.717, 1.165) is 4.47 Å². The van der Waals surface area contributed by atoms with E-state index in [2.05, 4.69) is 118 Å².